The van der Waals surface area contributed by atoms with Gasteiger partial charge in [0.25, 0.3) is 0 Å². The third kappa shape index (κ3) is 3.98. The summed E-state index contributed by atoms with van der Waals surface area (Å²) in [5.41, 5.74) is 0.761. The van der Waals surface area contributed by atoms with E-state index in [-0.39, 0.29) is 0 Å². The second kappa shape index (κ2) is 7.53. The van der Waals surface area contributed by atoms with Crippen LogP contribution in [0.25, 0.3) is 0 Å². The van der Waals surface area contributed by atoms with Crippen molar-refractivity contribution in [3.05, 3.63) is 0 Å². The van der Waals surface area contributed by atoms with E-state index in [4.69, 9.17) is 0 Å². The number of likely N-dealkylation sites (tertiary alicyclic amines) is 1. The van der Waals surface area contributed by atoms with E-state index in [1.807, 2.05) is 13.8 Å². The van der Waals surface area contributed by atoms with Gasteiger partial charge < -0.3 is 4.90 Å². The van der Waals surface area contributed by atoms with Gasteiger partial charge >= 0.3 is 0 Å². The Morgan fingerprint density at radius 2 is 1.50 bits per heavy atom. The Morgan fingerprint density at radius 1 is 1.00 bits per heavy atom. The molecular formula is C17H35N. The topological polar surface area (TPSA) is 3.24 Å². The van der Waals surface area contributed by atoms with E-state index in [2.05, 4.69) is 25.7 Å². The smallest absolute Gasteiger partial charge is 0.00385 e. The fourth-order valence-electron chi connectivity index (χ4n) is 3.71. The summed E-state index contributed by atoms with van der Waals surface area (Å²) in [5.74, 6) is 1.05. The molecular weight excluding hydrogens is 218 g/mol. The lowest BCUT2D eigenvalue weighted by molar-refractivity contribution is 0.0391. The first kappa shape index (κ1) is 16.0. The van der Waals surface area contributed by atoms with E-state index < -0.39 is 0 Å². The average molecular weight is 253 g/mol. The first-order valence-electron chi connectivity index (χ1n) is 8.39. The molecule has 1 nitrogen and oxygen atoms in total. The highest BCUT2D eigenvalue weighted by Gasteiger charge is 2.37. The van der Waals surface area contributed by atoms with Gasteiger partial charge in [-0.15, -0.1) is 0 Å². The molecule has 0 atom stereocenters. The molecule has 1 saturated carbocycles. The third-order valence-corrected chi connectivity index (χ3v) is 5.33. The van der Waals surface area contributed by atoms with E-state index in [1.165, 1.54) is 58.0 Å². The van der Waals surface area contributed by atoms with Crippen LogP contribution < -0.4 is 0 Å². The maximum atomic E-state index is 2.66. The predicted molar refractivity (Wildman–Crippen MR) is 82.0 cm³/mol. The molecule has 0 aromatic carbocycles. The van der Waals surface area contributed by atoms with Crippen LogP contribution in [0.5, 0.6) is 0 Å². The summed E-state index contributed by atoms with van der Waals surface area (Å²) in [5, 5.41) is 0. The van der Waals surface area contributed by atoms with E-state index in [0.717, 1.165) is 17.4 Å². The monoisotopic (exact) mass is 253 g/mol. The minimum Gasteiger partial charge on any atom is -0.301 e. The number of hydrogen-bond donors (Lipinski definition) is 0. The van der Waals surface area contributed by atoms with Crippen LogP contribution in [0.3, 0.4) is 0 Å². The maximum absolute atomic E-state index is 2.66. The number of hydrogen-bond acceptors (Lipinski definition) is 1. The van der Waals surface area contributed by atoms with Crippen LogP contribution in [0.15, 0.2) is 0 Å². The molecule has 108 valence electrons. The van der Waals surface area contributed by atoms with Crippen molar-refractivity contribution in [2.45, 2.75) is 85.6 Å². The summed E-state index contributed by atoms with van der Waals surface area (Å²) >= 11 is 0. The molecule has 0 aromatic rings. The second-order valence-electron chi connectivity index (χ2n) is 6.48. The van der Waals surface area contributed by atoms with Gasteiger partial charge in [-0.25, -0.2) is 0 Å². The summed E-state index contributed by atoms with van der Waals surface area (Å²) in [6, 6.07) is 0.754. The zero-order valence-corrected chi connectivity index (χ0v) is 13.5. The van der Waals surface area contributed by atoms with Gasteiger partial charge in [0.2, 0.25) is 0 Å². The zero-order chi connectivity index (χ0) is 13.6. The molecule has 1 heteroatoms. The summed E-state index contributed by atoms with van der Waals surface area (Å²) < 4.78 is 0. The van der Waals surface area contributed by atoms with Gasteiger partial charge in [-0.3, -0.25) is 0 Å². The van der Waals surface area contributed by atoms with Crippen LogP contribution in [0.2, 0.25) is 0 Å². The third-order valence-electron chi connectivity index (χ3n) is 5.33. The number of nitrogens with zero attached hydrogens (tertiary/aromatic N) is 1. The highest BCUT2D eigenvalue weighted by molar-refractivity contribution is 4.90. The molecule has 2 aliphatic rings. The van der Waals surface area contributed by atoms with E-state index in [0.29, 0.717) is 0 Å². The molecule has 1 heterocycles. The Morgan fingerprint density at radius 3 is 1.89 bits per heavy atom. The van der Waals surface area contributed by atoms with Crippen LogP contribution in [-0.4, -0.2) is 24.0 Å². The molecule has 2 fully saturated rings. The quantitative estimate of drug-likeness (QED) is 0.661. The minimum absolute atomic E-state index is 0.754. The van der Waals surface area contributed by atoms with Crippen molar-refractivity contribution in [2.24, 2.45) is 11.3 Å². The Balaban J connectivity index is 0.000000771. The van der Waals surface area contributed by atoms with Gasteiger partial charge in [-0.1, -0.05) is 27.2 Å². The summed E-state index contributed by atoms with van der Waals surface area (Å²) in [7, 11) is 0. The van der Waals surface area contributed by atoms with Crippen molar-refractivity contribution in [1.82, 2.24) is 4.90 Å². The number of rotatable bonds is 2. The van der Waals surface area contributed by atoms with Crippen LogP contribution >= 0.6 is 0 Å². The Kier molecular flexibility index (Phi) is 6.70. The molecule has 0 N–H and O–H groups in total. The summed E-state index contributed by atoms with van der Waals surface area (Å²) in [6.07, 6.45) is 10.4. The fourth-order valence-corrected chi connectivity index (χ4v) is 3.71. The highest BCUT2D eigenvalue weighted by atomic mass is 15.2. The molecule has 0 bridgehead atoms. The first-order chi connectivity index (χ1) is 8.65. The van der Waals surface area contributed by atoms with Gasteiger partial charge in [0.1, 0.15) is 0 Å². The normalized spacial score (nSPS) is 25.0. The summed E-state index contributed by atoms with van der Waals surface area (Å²) in [4.78, 5) is 2.66. The fraction of sp³-hybridized carbons (Fsp3) is 1.00. The van der Waals surface area contributed by atoms with Gasteiger partial charge in [-0.05, 0) is 76.8 Å². The lowest BCUT2D eigenvalue weighted by Gasteiger charge is -2.47. The molecule has 1 aliphatic heterocycles. The van der Waals surface area contributed by atoms with Crippen LogP contribution in [0, 0.1) is 11.3 Å². The molecule has 0 aromatic heterocycles. The number of piperidine rings is 1. The SMILES string of the molecule is CC.CCC1CCC2(CC1)CCN(C(C)C)CC2. The van der Waals surface area contributed by atoms with Crippen LogP contribution in [0.1, 0.15) is 79.6 Å². The molecule has 2 rings (SSSR count). The Labute approximate surface area is 115 Å². The predicted octanol–water partition coefficient (Wildman–Crippen LogP) is 5.10. The minimum atomic E-state index is 0.754. The molecule has 1 spiro atoms. The van der Waals surface area contributed by atoms with Crippen molar-refractivity contribution in [3.8, 4) is 0 Å². The molecule has 1 aliphatic carbocycles. The van der Waals surface area contributed by atoms with E-state index in [9.17, 15) is 0 Å². The first-order valence-corrected chi connectivity index (χ1v) is 8.39. The molecule has 0 unspecified atom stereocenters. The second-order valence-corrected chi connectivity index (χ2v) is 6.48. The Hall–Kier alpha value is -0.0400. The lowest BCUT2D eigenvalue weighted by atomic mass is 9.65. The molecule has 18 heavy (non-hydrogen) atoms. The lowest BCUT2D eigenvalue weighted by Crippen LogP contribution is -2.44. The van der Waals surface area contributed by atoms with Crippen molar-refractivity contribution in [2.75, 3.05) is 13.1 Å². The largest absolute Gasteiger partial charge is 0.301 e. The van der Waals surface area contributed by atoms with Gasteiger partial charge in [0, 0.05) is 6.04 Å². The van der Waals surface area contributed by atoms with Crippen LogP contribution in [-0.2, 0) is 0 Å². The molecule has 0 radical (unpaired) electrons. The van der Waals surface area contributed by atoms with E-state index >= 15 is 0 Å². The van der Waals surface area contributed by atoms with Gasteiger partial charge in [-0.2, -0.15) is 0 Å². The van der Waals surface area contributed by atoms with Crippen molar-refractivity contribution in [3.63, 3.8) is 0 Å². The van der Waals surface area contributed by atoms with Crippen LogP contribution in [0.4, 0.5) is 0 Å². The highest BCUT2D eigenvalue weighted by Crippen LogP contribution is 2.47. The van der Waals surface area contributed by atoms with Crippen molar-refractivity contribution in [1.29, 1.82) is 0 Å². The molecule has 0 amide bonds. The maximum Gasteiger partial charge on any atom is 0.00385 e. The summed E-state index contributed by atoms with van der Waals surface area (Å²) in [6.45, 7) is 13.8. The van der Waals surface area contributed by atoms with Crippen molar-refractivity contribution < 1.29 is 0 Å². The molecule has 1 saturated heterocycles. The average Bonchev–Trinajstić information content (AvgIpc) is 2.42. The zero-order valence-electron chi connectivity index (χ0n) is 13.5. The van der Waals surface area contributed by atoms with E-state index in [1.54, 1.807) is 0 Å². The van der Waals surface area contributed by atoms with Crippen molar-refractivity contribution >= 4 is 0 Å². The Bertz CT molecular complexity index is 204. The van der Waals surface area contributed by atoms with Gasteiger partial charge in [0.05, 0.1) is 0 Å². The van der Waals surface area contributed by atoms with Gasteiger partial charge in [0.15, 0.2) is 0 Å². The standard InChI is InChI=1S/C15H29N.C2H6/c1-4-14-5-7-15(8-6-14)9-11-16(12-10-15)13(2)3;1-2/h13-14H,4-12H2,1-3H3;1-2H3.